The summed E-state index contributed by atoms with van der Waals surface area (Å²) in [4.78, 5) is 56.0. The number of para-hydroxylation sites is 1. The Bertz CT molecular complexity index is 1970. The van der Waals surface area contributed by atoms with Crippen LogP contribution >= 0.6 is 0 Å². The van der Waals surface area contributed by atoms with Gasteiger partial charge in [0.05, 0.1) is 42.3 Å². The van der Waals surface area contributed by atoms with E-state index in [2.05, 4.69) is 16.8 Å². The number of halogens is 1. The minimum absolute atomic E-state index is 0.151. The largest absolute Gasteiger partial charge is 0.455 e. The van der Waals surface area contributed by atoms with E-state index in [9.17, 15) is 19.5 Å². The third kappa shape index (κ3) is 8.00. The van der Waals surface area contributed by atoms with E-state index in [1.807, 2.05) is 64.0 Å². The Hall–Kier alpha value is -4.00. The first-order valence-corrected chi connectivity index (χ1v) is 20.4. The number of esters is 1. The maximum Gasteiger partial charge on any atom is 0.410 e. The molecule has 0 radical (unpaired) electrons. The molecule has 0 aliphatic carbocycles. The maximum absolute atomic E-state index is 18.1. The Morgan fingerprint density at radius 3 is 2.52 bits per heavy atom. The summed E-state index contributed by atoms with van der Waals surface area (Å²) in [6.07, 6.45) is -4.07. The third-order valence-electron chi connectivity index (χ3n) is 12.9. The van der Waals surface area contributed by atoms with E-state index < -0.39 is 77.7 Å². The smallest absolute Gasteiger partial charge is 0.410 e. The third-order valence-corrected chi connectivity index (χ3v) is 12.9. The van der Waals surface area contributed by atoms with Crippen molar-refractivity contribution in [1.82, 2.24) is 14.8 Å². The molecule has 2 bridgehead atoms. The highest BCUT2D eigenvalue weighted by atomic mass is 19.1. The number of hydrogen-bond donors (Lipinski definition) is 1. The van der Waals surface area contributed by atoms with Crippen LogP contribution in [-0.2, 0) is 33.3 Å². The second kappa shape index (κ2) is 16.9. The second-order valence-corrected chi connectivity index (χ2v) is 17.2. The van der Waals surface area contributed by atoms with Crippen LogP contribution in [0.4, 0.5) is 9.18 Å². The first-order chi connectivity index (χ1) is 27.4. The minimum atomic E-state index is -3.32. The molecule has 5 heterocycles. The van der Waals surface area contributed by atoms with Crippen LogP contribution < -0.4 is 0 Å². The van der Waals surface area contributed by atoms with Gasteiger partial charge < -0.3 is 33.7 Å². The van der Waals surface area contributed by atoms with E-state index in [0.29, 0.717) is 18.5 Å². The molecule has 1 N–H and O–H groups in total. The second-order valence-electron chi connectivity index (χ2n) is 17.2. The van der Waals surface area contributed by atoms with Gasteiger partial charge in [-0.25, -0.2) is 14.0 Å². The summed E-state index contributed by atoms with van der Waals surface area (Å²) in [6, 6.07) is 8.27. The number of alkyl halides is 1. The maximum atomic E-state index is 18.1. The lowest BCUT2D eigenvalue weighted by atomic mass is 9.72. The molecule has 1 aromatic carbocycles. The monoisotopic (exact) mass is 806 g/mol. The SMILES string of the molecule is CC[C@H]1OC(=O)C(F)(CC#Cc2cnc3ccccc3c2)C(=O)[C@H](C)[C@@H](O[C@@H]2O[C@H](C)C[C@H](N(C)C)[C@H]2O)[C@@](C)(OC)C[C@@H](C)C2=NCCN3C(=O)O[C@@]1(C)[C@H]3[C@H]2C. The van der Waals surface area contributed by atoms with E-state index in [4.69, 9.17) is 28.7 Å². The number of ether oxygens (including phenoxy) is 5. The van der Waals surface area contributed by atoms with Crippen LogP contribution in [-0.4, -0.2) is 137 Å². The summed E-state index contributed by atoms with van der Waals surface area (Å²) in [7, 11) is 5.19. The lowest BCUT2D eigenvalue weighted by Crippen LogP contribution is -2.62. The van der Waals surface area contributed by atoms with Crippen molar-refractivity contribution in [2.24, 2.45) is 22.7 Å². The van der Waals surface area contributed by atoms with E-state index in [-0.39, 0.29) is 43.4 Å². The molecule has 2 aromatic rings. The topological polar surface area (TPSA) is 149 Å². The van der Waals surface area contributed by atoms with Gasteiger partial charge in [-0.2, -0.15) is 0 Å². The minimum Gasteiger partial charge on any atom is -0.455 e. The average Bonchev–Trinajstić information content (AvgIpc) is 3.31. The number of ketones is 1. The zero-order chi connectivity index (χ0) is 42.3. The molecule has 4 aliphatic heterocycles. The number of hydrogen-bond acceptors (Lipinski definition) is 12. The van der Waals surface area contributed by atoms with Crippen molar-refractivity contribution in [1.29, 1.82) is 0 Å². The van der Waals surface area contributed by atoms with Crippen molar-refractivity contribution in [3.63, 3.8) is 0 Å². The molecular weight excluding hydrogens is 748 g/mol. The van der Waals surface area contributed by atoms with Gasteiger partial charge in [0, 0.05) is 54.4 Å². The van der Waals surface area contributed by atoms with Crippen LogP contribution in [0.1, 0.15) is 79.7 Å². The van der Waals surface area contributed by atoms with Gasteiger partial charge in [-0.1, -0.05) is 57.7 Å². The number of amides is 1. The molecule has 13 atom stereocenters. The summed E-state index contributed by atoms with van der Waals surface area (Å²) >= 11 is 0. The summed E-state index contributed by atoms with van der Waals surface area (Å²) in [5, 5.41) is 12.4. The molecule has 3 fully saturated rings. The van der Waals surface area contributed by atoms with Crippen LogP contribution in [0.2, 0.25) is 0 Å². The van der Waals surface area contributed by atoms with Crippen molar-refractivity contribution in [2.75, 3.05) is 34.3 Å². The number of aliphatic hydroxyl groups is 1. The molecule has 1 unspecified atom stereocenters. The summed E-state index contributed by atoms with van der Waals surface area (Å²) in [5.74, 6) is 1.00. The highest BCUT2D eigenvalue weighted by molar-refractivity contribution is 6.08. The highest BCUT2D eigenvalue weighted by Crippen LogP contribution is 2.45. The number of aliphatic hydroxyl groups excluding tert-OH is 1. The number of methoxy groups -OCH3 is 1. The predicted molar refractivity (Wildman–Crippen MR) is 215 cm³/mol. The first-order valence-electron chi connectivity index (χ1n) is 20.4. The molecule has 1 aromatic heterocycles. The summed E-state index contributed by atoms with van der Waals surface area (Å²) in [5.41, 5.74) is -4.07. The van der Waals surface area contributed by atoms with Crippen LogP contribution in [0.15, 0.2) is 41.5 Å². The predicted octanol–water partition coefficient (Wildman–Crippen LogP) is 5.14. The quantitative estimate of drug-likeness (QED) is 0.235. The molecule has 14 heteroatoms. The number of nitrogens with zero attached hydrogens (tertiary/aromatic N) is 4. The zero-order valence-electron chi connectivity index (χ0n) is 35.4. The van der Waals surface area contributed by atoms with Crippen LogP contribution in [0, 0.1) is 29.6 Å². The molecule has 316 valence electrons. The number of carbonyl (C=O) groups excluding carboxylic acids is 3. The number of carbonyl (C=O) groups is 3. The van der Waals surface area contributed by atoms with Crippen molar-refractivity contribution in [3.05, 3.63) is 42.1 Å². The van der Waals surface area contributed by atoms with Gasteiger partial charge in [-0.05, 0) is 72.2 Å². The lowest BCUT2D eigenvalue weighted by molar-refractivity contribution is -0.295. The first kappa shape index (κ1) is 43.6. The van der Waals surface area contributed by atoms with Crippen LogP contribution in [0.3, 0.4) is 0 Å². The number of cyclic esters (lactones) is 1. The van der Waals surface area contributed by atoms with Gasteiger partial charge in [-0.15, -0.1) is 0 Å². The van der Waals surface area contributed by atoms with Gasteiger partial charge in [0.25, 0.3) is 5.67 Å². The zero-order valence-corrected chi connectivity index (χ0v) is 35.4. The number of aromatic nitrogens is 1. The van der Waals surface area contributed by atoms with E-state index in [1.165, 1.54) is 14.0 Å². The molecule has 13 nitrogen and oxygen atoms in total. The van der Waals surface area contributed by atoms with E-state index >= 15 is 4.39 Å². The molecular formula is C44H59FN4O9. The fraction of sp³-hybridized carbons (Fsp3) is 0.659. The average molecular weight is 807 g/mol. The number of fused-ring (bicyclic) bond motifs is 2. The van der Waals surface area contributed by atoms with Crippen molar-refractivity contribution >= 4 is 34.5 Å². The Morgan fingerprint density at radius 1 is 1.10 bits per heavy atom. The standard InChI is InChI=1S/C44H59FN4O9/c1-11-33-43(7)36-27(4)34(46-19-20-49(36)41(53)58-43)25(2)23-42(6,54-10)38(57-39-35(50)32(48(8)9)21-26(3)55-39)28(5)37(51)44(45,40(52)56-33)18-14-15-29-22-30-16-12-13-17-31(30)47-24-29/h12-13,16-17,22,24-28,32-33,35-36,38-39,50H,11,18-21,23H2,1-10H3/t25-,26-,27+,28+,32+,33-,35-,36-,38-,39+,42+,43-,44?/m1/s1. The van der Waals surface area contributed by atoms with Gasteiger partial charge >= 0.3 is 12.1 Å². The normalized spacial score (nSPS) is 38.6. The van der Waals surface area contributed by atoms with E-state index in [0.717, 1.165) is 16.6 Å². The Morgan fingerprint density at radius 2 is 1.83 bits per heavy atom. The molecule has 3 saturated heterocycles. The molecule has 58 heavy (non-hydrogen) atoms. The molecule has 6 rings (SSSR count). The number of pyridine rings is 1. The number of aliphatic imine (C=N–C) groups is 1. The van der Waals surface area contributed by atoms with Gasteiger partial charge in [-0.3, -0.25) is 19.7 Å². The molecule has 4 aliphatic rings. The fourth-order valence-corrected chi connectivity index (χ4v) is 9.79. The molecule has 1 amide bonds. The molecule has 0 spiro atoms. The van der Waals surface area contributed by atoms with Gasteiger partial charge in [0.15, 0.2) is 17.7 Å². The lowest BCUT2D eigenvalue weighted by Gasteiger charge is -2.47. The number of Topliss-reactive ketones (excluding diaryl/α,β-unsaturated/α-hetero) is 1. The van der Waals surface area contributed by atoms with Crippen LogP contribution in [0.25, 0.3) is 10.9 Å². The Labute approximate surface area is 341 Å². The van der Waals surface area contributed by atoms with Gasteiger partial charge in [0.1, 0.15) is 12.2 Å². The summed E-state index contributed by atoms with van der Waals surface area (Å²) in [6.45, 7) is 13.1. The molecule has 0 saturated carbocycles. The van der Waals surface area contributed by atoms with Crippen molar-refractivity contribution in [3.8, 4) is 11.8 Å². The Balaban J connectivity index is 1.48. The van der Waals surface area contributed by atoms with E-state index in [1.54, 1.807) is 37.9 Å². The van der Waals surface area contributed by atoms with Crippen molar-refractivity contribution < 1.29 is 47.6 Å². The fourth-order valence-electron chi connectivity index (χ4n) is 9.79. The Kier molecular flexibility index (Phi) is 12.7. The van der Waals surface area contributed by atoms with Gasteiger partial charge in [0.2, 0.25) is 0 Å². The number of likely N-dealkylation sites (N-methyl/N-ethyl adjacent to an activating group) is 1. The highest BCUT2D eigenvalue weighted by Gasteiger charge is 2.62. The van der Waals surface area contributed by atoms with Crippen molar-refractivity contribution in [2.45, 2.75) is 134 Å². The summed E-state index contributed by atoms with van der Waals surface area (Å²) < 4.78 is 49.4. The number of benzene rings is 1. The number of rotatable bonds is 6. The van der Waals surface area contributed by atoms with Crippen LogP contribution in [0.5, 0.6) is 0 Å².